The van der Waals surface area contributed by atoms with Gasteiger partial charge in [0.15, 0.2) is 0 Å². The fourth-order valence-corrected chi connectivity index (χ4v) is 3.77. The smallest absolute Gasteiger partial charge is 0.319 e. The fourth-order valence-electron chi connectivity index (χ4n) is 3.77. The van der Waals surface area contributed by atoms with Crippen LogP contribution in [0, 0.1) is 0 Å². The second-order valence-electron chi connectivity index (χ2n) is 6.29. The third-order valence-electron chi connectivity index (χ3n) is 4.82. The molecule has 4 heteroatoms. The van der Waals surface area contributed by atoms with Gasteiger partial charge in [0.05, 0.1) is 19.3 Å². The molecular formula is C16H29NO3. The van der Waals surface area contributed by atoms with Gasteiger partial charge in [-0.3, -0.25) is 9.69 Å². The van der Waals surface area contributed by atoms with Crippen LogP contribution in [0.2, 0.25) is 0 Å². The molecule has 1 atom stereocenters. The van der Waals surface area contributed by atoms with E-state index in [4.69, 9.17) is 9.47 Å². The Morgan fingerprint density at radius 2 is 2.10 bits per heavy atom. The molecule has 1 saturated carbocycles. The second kappa shape index (κ2) is 7.41. The maximum Gasteiger partial charge on any atom is 0.319 e. The first-order valence-corrected chi connectivity index (χ1v) is 8.14. The summed E-state index contributed by atoms with van der Waals surface area (Å²) in [5.74, 6) is -0.123. The summed E-state index contributed by atoms with van der Waals surface area (Å²) in [7, 11) is 1.47. The fraction of sp³-hybridized carbons (Fsp3) is 0.938. The molecule has 2 rings (SSSR count). The van der Waals surface area contributed by atoms with Crippen molar-refractivity contribution in [2.24, 2.45) is 0 Å². The molecule has 0 aromatic heterocycles. The molecule has 2 aliphatic rings. The van der Waals surface area contributed by atoms with Crippen LogP contribution in [0.15, 0.2) is 0 Å². The van der Waals surface area contributed by atoms with E-state index in [1.54, 1.807) is 0 Å². The van der Waals surface area contributed by atoms with Gasteiger partial charge in [0.2, 0.25) is 0 Å². The summed E-state index contributed by atoms with van der Waals surface area (Å²) in [5, 5.41) is 0. The molecule has 1 spiro atoms. The first kappa shape index (κ1) is 15.8. The maximum absolute atomic E-state index is 11.6. The van der Waals surface area contributed by atoms with Crippen molar-refractivity contribution < 1.29 is 14.3 Å². The molecule has 1 aliphatic heterocycles. The van der Waals surface area contributed by atoms with Gasteiger partial charge in [0.1, 0.15) is 0 Å². The number of hydrogen-bond donors (Lipinski definition) is 0. The van der Waals surface area contributed by atoms with Crippen LogP contribution in [0.4, 0.5) is 0 Å². The van der Waals surface area contributed by atoms with Crippen LogP contribution in [0.3, 0.4) is 0 Å². The molecular weight excluding hydrogens is 254 g/mol. The van der Waals surface area contributed by atoms with E-state index < -0.39 is 0 Å². The highest BCUT2D eigenvalue weighted by molar-refractivity contribution is 5.71. The number of esters is 1. The summed E-state index contributed by atoms with van der Waals surface area (Å²) in [6, 6.07) is 0.473. The minimum atomic E-state index is -0.123. The Bertz CT molecular complexity index is 307. The zero-order chi connectivity index (χ0) is 14.4. The summed E-state index contributed by atoms with van der Waals surface area (Å²) < 4.78 is 11.0. The Balaban J connectivity index is 1.98. The van der Waals surface area contributed by atoms with Gasteiger partial charge in [0, 0.05) is 12.6 Å². The van der Waals surface area contributed by atoms with E-state index in [2.05, 4.69) is 11.8 Å². The minimum absolute atomic E-state index is 0.100. The van der Waals surface area contributed by atoms with E-state index in [0.29, 0.717) is 12.6 Å². The van der Waals surface area contributed by atoms with Crippen LogP contribution in [0.5, 0.6) is 0 Å². The van der Waals surface area contributed by atoms with E-state index in [1.165, 1.54) is 39.2 Å². The van der Waals surface area contributed by atoms with Gasteiger partial charge < -0.3 is 9.47 Å². The van der Waals surface area contributed by atoms with E-state index in [1.807, 2.05) is 0 Å². The van der Waals surface area contributed by atoms with E-state index in [0.717, 1.165) is 32.4 Å². The van der Waals surface area contributed by atoms with Crippen LogP contribution in [0.1, 0.15) is 58.3 Å². The Hall–Kier alpha value is -0.610. The molecule has 0 N–H and O–H groups in total. The van der Waals surface area contributed by atoms with Crippen molar-refractivity contribution >= 4 is 5.97 Å². The Kier molecular flexibility index (Phi) is 5.85. The SMILES string of the molecule is CCCN(CC(=O)OC)C1CCOC2(CCCCC2)C1. The molecule has 1 unspecified atom stereocenters. The van der Waals surface area contributed by atoms with Gasteiger partial charge in [-0.1, -0.05) is 26.2 Å². The molecule has 1 aliphatic carbocycles. The minimum Gasteiger partial charge on any atom is -0.468 e. The zero-order valence-corrected chi connectivity index (χ0v) is 13.0. The van der Waals surface area contributed by atoms with Crippen LogP contribution in [-0.4, -0.2) is 49.3 Å². The lowest BCUT2D eigenvalue weighted by atomic mass is 9.78. The lowest BCUT2D eigenvalue weighted by Gasteiger charge is -2.46. The predicted octanol–water partition coefficient (Wildman–Crippen LogP) is 2.75. The maximum atomic E-state index is 11.6. The monoisotopic (exact) mass is 283 g/mol. The first-order valence-electron chi connectivity index (χ1n) is 8.14. The number of methoxy groups -OCH3 is 1. The highest BCUT2D eigenvalue weighted by Gasteiger charge is 2.40. The molecule has 0 bridgehead atoms. The standard InChI is InChI=1S/C16H29NO3/c1-3-10-17(13-15(18)19-2)14-7-11-20-16(12-14)8-5-4-6-9-16/h14H,3-13H2,1-2H3. The molecule has 1 heterocycles. The Morgan fingerprint density at radius 3 is 2.75 bits per heavy atom. The van der Waals surface area contributed by atoms with Crippen LogP contribution < -0.4 is 0 Å². The third kappa shape index (κ3) is 3.95. The number of carbonyl (C=O) groups excluding carboxylic acids is 1. The zero-order valence-electron chi connectivity index (χ0n) is 13.0. The van der Waals surface area contributed by atoms with Gasteiger partial charge in [0.25, 0.3) is 0 Å². The molecule has 4 nitrogen and oxygen atoms in total. The molecule has 0 amide bonds. The van der Waals surface area contributed by atoms with E-state index >= 15 is 0 Å². The molecule has 20 heavy (non-hydrogen) atoms. The Morgan fingerprint density at radius 1 is 1.35 bits per heavy atom. The van der Waals surface area contributed by atoms with Crippen molar-refractivity contribution in [2.75, 3.05) is 26.8 Å². The molecule has 0 aromatic rings. The number of nitrogens with zero attached hydrogens (tertiary/aromatic N) is 1. The van der Waals surface area contributed by atoms with Crippen molar-refractivity contribution in [3.63, 3.8) is 0 Å². The second-order valence-corrected chi connectivity index (χ2v) is 6.29. The largest absolute Gasteiger partial charge is 0.468 e. The molecule has 116 valence electrons. The lowest BCUT2D eigenvalue weighted by Crippen LogP contribution is -2.51. The van der Waals surface area contributed by atoms with Crippen LogP contribution in [-0.2, 0) is 14.3 Å². The third-order valence-corrected chi connectivity index (χ3v) is 4.82. The molecule has 0 aromatic carbocycles. The summed E-state index contributed by atoms with van der Waals surface area (Å²) in [6.07, 6.45) is 9.51. The average molecular weight is 283 g/mol. The van der Waals surface area contributed by atoms with Gasteiger partial charge in [-0.2, -0.15) is 0 Å². The molecule has 1 saturated heterocycles. The Labute approximate surface area is 122 Å². The van der Waals surface area contributed by atoms with Crippen molar-refractivity contribution in [2.45, 2.75) is 69.9 Å². The summed E-state index contributed by atoms with van der Waals surface area (Å²) in [4.78, 5) is 13.9. The van der Waals surface area contributed by atoms with Crippen LogP contribution in [0.25, 0.3) is 0 Å². The van der Waals surface area contributed by atoms with Crippen molar-refractivity contribution in [1.29, 1.82) is 0 Å². The molecule has 0 radical (unpaired) electrons. The number of rotatable bonds is 5. The topological polar surface area (TPSA) is 38.8 Å². The predicted molar refractivity (Wildman–Crippen MR) is 78.7 cm³/mol. The van der Waals surface area contributed by atoms with Crippen LogP contribution >= 0.6 is 0 Å². The van der Waals surface area contributed by atoms with Gasteiger partial charge in [-0.15, -0.1) is 0 Å². The normalized spacial score (nSPS) is 25.9. The molecule has 2 fully saturated rings. The van der Waals surface area contributed by atoms with Crippen molar-refractivity contribution in [1.82, 2.24) is 4.90 Å². The first-order chi connectivity index (χ1) is 9.69. The van der Waals surface area contributed by atoms with Gasteiger partial charge in [-0.05, 0) is 38.6 Å². The quantitative estimate of drug-likeness (QED) is 0.727. The van der Waals surface area contributed by atoms with Gasteiger partial charge >= 0.3 is 5.97 Å². The number of ether oxygens (including phenoxy) is 2. The van der Waals surface area contributed by atoms with Crippen molar-refractivity contribution in [3.8, 4) is 0 Å². The van der Waals surface area contributed by atoms with Crippen molar-refractivity contribution in [3.05, 3.63) is 0 Å². The summed E-state index contributed by atoms with van der Waals surface area (Å²) in [5.41, 5.74) is 0.100. The summed E-state index contributed by atoms with van der Waals surface area (Å²) >= 11 is 0. The summed E-state index contributed by atoms with van der Waals surface area (Å²) in [6.45, 7) is 4.40. The average Bonchev–Trinajstić information content (AvgIpc) is 2.47. The highest BCUT2D eigenvalue weighted by atomic mass is 16.5. The number of carbonyl (C=O) groups is 1. The van der Waals surface area contributed by atoms with Gasteiger partial charge in [-0.25, -0.2) is 0 Å². The highest BCUT2D eigenvalue weighted by Crippen LogP contribution is 2.39. The van der Waals surface area contributed by atoms with E-state index in [9.17, 15) is 4.79 Å². The number of hydrogen-bond acceptors (Lipinski definition) is 4. The van der Waals surface area contributed by atoms with E-state index in [-0.39, 0.29) is 11.6 Å². The lowest BCUT2D eigenvalue weighted by molar-refractivity contribution is -0.147.